The molecular formula is C24H26N2O6S. The number of rotatable bonds is 10. The molecule has 0 atom stereocenters. The molecule has 3 rings (SSSR count). The van der Waals surface area contributed by atoms with Crippen molar-refractivity contribution < 1.29 is 27.4 Å². The molecule has 0 bridgehead atoms. The van der Waals surface area contributed by atoms with Crippen LogP contribution in [0.4, 0.5) is 5.69 Å². The van der Waals surface area contributed by atoms with Crippen molar-refractivity contribution in [3.8, 4) is 17.2 Å². The number of hydrogen-bond donors (Lipinski definition) is 1. The zero-order chi connectivity index (χ0) is 23.8. The maximum atomic E-state index is 12.9. The number of hydrogen-bond acceptors (Lipinski definition) is 6. The van der Waals surface area contributed by atoms with Crippen molar-refractivity contribution in [3.63, 3.8) is 0 Å². The Kier molecular flexibility index (Phi) is 7.78. The smallest absolute Gasteiger partial charge is 0.264 e. The van der Waals surface area contributed by atoms with Gasteiger partial charge in [0.1, 0.15) is 23.9 Å². The number of nitrogens with zero attached hydrogens (tertiary/aromatic N) is 1. The molecule has 3 aromatic rings. The molecule has 1 amide bonds. The van der Waals surface area contributed by atoms with E-state index < -0.39 is 10.0 Å². The van der Waals surface area contributed by atoms with E-state index in [0.29, 0.717) is 41.7 Å². The molecule has 8 nitrogen and oxygen atoms in total. The van der Waals surface area contributed by atoms with E-state index in [-0.39, 0.29) is 10.8 Å². The van der Waals surface area contributed by atoms with Gasteiger partial charge in [-0.1, -0.05) is 6.07 Å². The SMILES string of the molecule is COc1ccc(S(=O)(=O)N(C)c2ccc(C(=O)NCCOc3cccc(OC)c3)cc2)cc1. The highest BCUT2D eigenvalue weighted by Gasteiger charge is 2.21. The van der Waals surface area contributed by atoms with Gasteiger partial charge in [0, 0.05) is 18.7 Å². The second-order valence-electron chi connectivity index (χ2n) is 6.98. The average Bonchev–Trinajstić information content (AvgIpc) is 2.86. The molecule has 0 aliphatic rings. The summed E-state index contributed by atoms with van der Waals surface area (Å²) in [5.74, 6) is 1.63. The summed E-state index contributed by atoms with van der Waals surface area (Å²) < 4.78 is 42.7. The van der Waals surface area contributed by atoms with Crippen LogP contribution in [0.5, 0.6) is 17.2 Å². The molecule has 0 unspecified atom stereocenters. The summed E-state index contributed by atoms with van der Waals surface area (Å²) in [7, 11) is 0.811. The third kappa shape index (κ3) is 5.95. The Hall–Kier alpha value is -3.72. The molecule has 0 fully saturated rings. The van der Waals surface area contributed by atoms with Crippen molar-refractivity contribution >= 4 is 21.6 Å². The van der Waals surface area contributed by atoms with Gasteiger partial charge in [0.2, 0.25) is 0 Å². The summed E-state index contributed by atoms with van der Waals surface area (Å²) >= 11 is 0. The van der Waals surface area contributed by atoms with E-state index in [1.807, 2.05) is 12.1 Å². The summed E-state index contributed by atoms with van der Waals surface area (Å²) in [6, 6.07) is 19.7. The van der Waals surface area contributed by atoms with Gasteiger partial charge in [-0.3, -0.25) is 9.10 Å². The Morgan fingerprint density at radius 2 is 1.52 bits per heavy atom. The van der Waals surface area contributed by atoms with E-state index in [1.165, 1.54) is 30.6 Å². The van der Waals surface area contributed by atoms with Gasteiger partial charge in [-0.15, -0.1) is 0 Å². The Morgan fingerprint density at radius 1 is 0.879 bits per heavy atom. The first-order valence-electron chi connectivity index (χ1n) is 10.1. The highest BCUT2D eigenvalue weighted by molar-refractivity contribution is 7.92. The topological polar surface area (TPSA) is 94.2 Å². The fraction of sp³-hybridized carbons (Fsp3) is 0.208. The number of carbonyl (C=O) groups excluding carboxylic acids is 1. The number of anilines is 1. The van der Waals surface area contributed by atoms with Crippen LogP contribution in [-0.4, -0.2) is 48.7 Å². The normalized spacial score (nSPS) is 10.9. The van der Waals surface area contributed by atoms with E-state index >= 15 is 0 Å². The zero-order valence-electron chi connectivity index (χ0n) is 18.6. The first-order chi connectivity index (χ1) is 15.8. The van der Waals surface area contributed by atoms with Crippen LogP contribution in [0.1, 0.15) is 10.4 Å². The van der Waals surface area contributed by atoms with Crippen LogP contribution in [-0.2, 0) is 10.0 Å². The van der Waals surface area contributed by atoms with Crippen LogP contribution in [0.25, 0.3) is 0 Å². The molecule has 0 radical (unpaired) electrons. The van der Waals surface area contributed by atoms with Gasteiger partial charge in [-0.25, -0.2) is 8.42 Å². The molecule has 9 heteroatoms. The van der Waals surface area contributed by atoms with Crippen LogP contribution in [0.3, 0.4) is 0 Å². The van der Waals surface area contributed by atoms with Crippen molar-refractivity contribution in [1.29, 1.82) is 0 Å². The van der Waals surface area contributed by atoms with Crippen LogP contribution in [0.15, 0.2) is 77.7 Å². The lowest BCUT2D eigenvalue weighted by atomic mass is 10.2. The van der Waals surface area contributed by atoms with Crippen molar-refractivity contribution in [2.45, 2.75) is 4.90 Å². The predicted octanol–water partition coefficient (Wildman–Crippen LogP) is 3.34. The van der Waals surface area contributed by atoms with Crippen LogP contribution < -0.4 is 23.8 Å². The fourth-order valence-corrected chi connectivity index (χ4v) is 4.19. The Balaban J connectivity index is 1.56. The molecule has 1 N–H and O–H groups in total. The van der Waals surface area contributed by atoms with Gasteiger partial charge >= 0.3 is 0 Å². The van der Waals surface area contributed by atoms with Crippen molar-refractivity contribution in [2.24, 2.45) is 0 Å². The zero-order valence-corrected chi connectivity index (χ0v) is 19.5. The van der Waals surface area contributed by atoms with Gasteiger partial charge in [-0.05, 0) is 60.7 Å². The number of sulfonamides is 1. The number of amides is 1. The van der Waals surface area contributed by atoms with E-state index in [0.717, 1.165) is 0 Å². The molecule has 0 aromatic heterocycles. The van der Waals surface area contributed by atoms with Gasteiger partial charge in [0.05, 0.1) is 31.3 Å². The fourth-order valence-electron chi connectivity index (χ4n) is 2.99. The monoisotopic (exact) mass is 470 g/mol. The molecule has 0 aliphatic heterocycles. The van der Waals surface area contributed by atoms with Crippen LogP contribution in [0, 0.1) is 0 Å². The number of ether oxygens (including phenoxy) is 3. The summed E-state index contributed by atoms with van der Waals surface area (Å²) in [5, 5.41) is 2.77. The lowest BCUT2D eigenvalue weighted by Gasteiger charge is -2.20. The third-order valence-electron chi connectivity index (χ3n) is 4.91. The number of methoxy groups -OCH3 is 2. The number of nitrogens with one attached hydrogen (secondary N) is 1. The summed E-state index contributed by atoms with van der Waals surface area (Å²) in [4.78, 5) is 12.5. The summed E-state index contributed by atoms with van der Waals surface area (Å²) in [5.41, 5.74) is 0.846. The lowest BCUT2D eigenvalue weighted by Crippen LogP contribution is -2.28. The Labute approximate surface area is 193 Å². The third-order valence-corrected chi connectivity index (χ3v) is 6.71. The second-order valence-corrected chi connectivity index (χ2v) is 8.95. The van der Waals surface area contributed by atoms with E-state index in [1.54, 1.807) is 55.6 Å². The Bertz CT molecular complexity index is 1180. The highest BCUT2D eigenvalue weighted by atomic mass is 32.2. The van der Waals surface area contributed by atoms with Crippen molar-refractivity contribution in [3.05, 3.63) is 78.4 Å². The molecule has 174 valence electrons. The molecule has 0 saturated carbocycles. The van der Waals surface area contributed by atoms with Gasteiger partial charge in [0.25, 0.3) is 15.9 Å². The molecule has 0 heterocycles. The average molecular weight is 471 g/mol. The molecule has 33 heavy (non-hydrogen) atoms. The first kappa shape index (κ1) is 23.9. The predicted molar refractivity (Wildman–Crippen MR) is 126 cm³/mol. The number of carbonyl (C=O) groups is 1. The standard InChI is InChI=1S/C24H26N2O6S/c1-26(33(28,29)23-13-11-20(30-2)12-14-23)19-9-7-18(8-10-19)24(27)25-15-16-32-22-6-4-5-21(17-22)31-3/h4-14,17H,15-16H2,1-3H3,(H,25,27). The maximum absolute atomic E-state index is 12.9. The number of benzene rings is 3. The van der Waals surface area contributed by atoms with Gasteiger partial charge in [-0.2, -0.15) is 0 Å². The van der Waals surface area contributed by atoms with Crippen LogP contribution >= 0.6 is 0 Å². The minimum atomic E-state index is -3.75. The molecule has 0 saturated heterocycles. The van der Waals surface area contributed by atoms with E-state index in [9.17, 15) is 13.2 Å². The minimum absolute atomic E-state index is 0.142. The lowest BCUT2D eigenvalue weighted by molar-refractivity contribution is 0.0947. The van der Waals surface area contributed by atoms with Gasteiger partial charge < -0.3 is 19.5 Å². The summed E-state index contributed by atoms with van der Waals surface area (Å²) in [6.45, 7) is 0.601. The van der Waals surface area contributed by atoms with Crippen molar-refractivity contribution in [1.82, 2.24) is 5.32 Å². The largest absolute Gasteiger partial charge is 0.497 e. The molecular weight excluding hydrogens is 444 g/mol. The quantitative estimate of drug-likeness (QED) is 0.457. The van der Waals surface area contributed by atoms with Crippen LogP contribution in [0.2, 0.25) is 0 Å². The highest BCUT2D eigenvalue weighted by Crippen LogP contribution is 2.24. The van der Waals surface area contributed by atoms with E-state index in [4.69, 9.17) is 14.2 Å². The minimum Gasteiger partial charge on any atom is -0.497 e. The summed E-state index contributed by atoms with van der Waals surface area (Å²) in [6.07, 6.45) is 0. The molecule has 0 spiro atoms. The first-order valence-corrected chi connectivity index (χ1v) is 11.6. The van der Waals surface area contributed by atoms with Crippen molar-refractivity contribution in [2.75, 3.05) is 38.7 Å². The second kappa shape index (κ2) is 10.7. The maximum Gasteiger partial charge on any atom is 0.264 e. The Morgan fingerprint density at radius 3 is 2.15 bits per heavy atom. The van der Waals surface area contributed by atoms with Gasteiger partial charge in [0.15, 0.2) is 0 Å². The van der Waals surface area contributed by atoms with E-state index in [2.05, 4.69) is 5.32 Å². The molecule has 3 aromatic carbocycles. The molecule has 0 aliphatic carbocycles.